The maximum absolute atomic E-state index is 6.05. The van der Waals surface area contributed by atoms with Gasteiger partial charge in [0.05, 0.1) is 6.33 Å². The quantitative estimate of drug-likeness (QED) is 0.428. The third kappa shape index (κ3) is 1.46. The van der Waals surface area contributed by atoms with E-state index in [1.165, 1.54) is 0 Å². The van der Waals surface area contributed by atoms with Gasteiger partial charge in [0.25, 0.3) is 0 Å². The molecular weight excluding hydrogens is 145 g/mol. The van der Waals surface area contributed by atoms with E-state index in [2.05, 4.69) is 25.7 Å². The SMILES string of the molecule is BC(B)(N)C(B)(B)c1c[nH]cn1. The molecule has 0 fully saturated rings. The van der Waals surface area contributed by atoms with Gasteiger partial charge in [0, 0.05) is 11.9 Å². The number of hydrogen-bond acceptors (Lipinski definition) is 2. The molecule has 0 unspecified atom stereocenters. The summed E-state index contributed by atoms with van der Waals surface area (Å²) in [6.45, 7) is 0. The van der Waals surface area contributed by atoms with Crippen molar-refractivity contribution in [2.75, 3.05) is 0 Å². The number of nitrogens with zero attached hydrogens (tertiary/aromatic N) is 1. The average Bonchev–Trinajstić information content (AvgIpc) is 2.34. The Bertz CT molecular complexity index is 250. The molecule has 0 saturated carbocycles. The normalized spacial score (nSPS) is 13.1. The number of H-pyrrole nitrogens is 1. The van der Waals surface area contributed by atoms with E-state index < -0.39 is 0 Å². The first-order valence-corrected chi connectivity index (χ1v) is 4.14. The summed E-state index contributed by atoms with van der Waals surface area (Å²) >= 11 is 0. The maximum Gasteiger partial charge on any atom is 0.115 e. The zero-order valence-electron chi connectivity index (χ0n) is 8.18. The number of aromatic nitrogens is 2. The summed E-state index contributed by atoms with van der Waals surface area (Å²) < 4.78 is 0. The monoisotopic (exact) mass is 159 g/mol. The summed E-state index contributed by atoms with van der Waals surface area (Å²) in [6, 6.07) is 0. The Morgan fingerprint density at radius 1 is 1.33 bits per heavy atom. The third-order valence-electron chi connectivity index (χ3n) is 2.75. The van der Waals surface area contributed by atoms with Crippen LogP contribution in [-0.2, 0) is 5.21 Å². The minimum Gasteiger partial charge on any atom is -0.351 e. The minimum absolute atomic E-state index is 0.104. The highest BCUT2D eigenvalue weighted by Gasteiger charge is 2.35. The van der Waals surface area contributed by atoms with E-state index in [1.807, 2.05) is 21.9 Å². The van der Waals surface area contributed by atoms with Gasteiger partial charge in [0.1, 0.15) is 31.4 Å². The number of aromatic amines is 1. The zero-order valence-corrected chi connectivity index (χ0v) is 8.18. The van der Waals surface area contributed by atoms with Gasteiger partial charge in [-0.3, -0.25) is 0 Å². The number of nitrogens with two attached hydrogens (primary N) is 1. The van der Waals surface area contributed by atoms with Gasteiger partial charge in [-0.2, -0.15) is 0 Å². The molecule has 3 N–H and O–H groups in total. The molecule has 1 aromatic heterocycles. The van der Waals surface area contributed by atoms with E-state index >= 15 is 0 Å². The van der Waals surface area contributed by atoms with E-state index in [4.69, 9.17) is 5.73 Å². The van der Waals surface area contributed by atoms with Gasteiger partial charge in [-0.15, -0.1) is 0 Å². The van der Waals surface area contributed by atoms with Crippen LogP contribution in [0.25, 0.3) is 0 Å². The first-order chi connectivity index (χ1) is 5.36. The van der Waals surface area contributed by atoms with E-state index in [0.29, 0.717) is 0 Å². The molecule has 7 heteroatoms. The van der Waals surface area contributed by atoms with Crippen molar-refractivity contribution in [3.8, 4) is 0 Å². The Kier molecular flexibility index (Phi) is 2.17. The van der Waals surface area contributed by atoms with Gasteiger partial charge in [0.15, 0.2) is 0 Å². The molecule has 0 aliphatic carbocycles. The first-order valence-electron chi connectivity index (χ1n) is 4.14. The Balaban J connectivity index is 3.02. The van der Waals surface area contributed by atoms with Gasteiger partial charge in [-0.25, -0.2) is 4.98 Å². The Morgan fingerprint density at radius 2 is 1.92 bits per heavy atom. The lowest BCUT2D eigenvalue weighted by molar-refractivity contribution is 0.694. The van der Waals surface area contributed by atoms with E-state index in [-0.39, 0.29) is 10.6 Å². The molecule has 0 bridgehead atoms. The summed E-state index contributed by atoms with van der Waals surface area (Å²) in [7, 11) is 8.23. The summed E-state index contributed by atoms with van der Waals surface area (Å²) in [5.41, 5.74) is 7.06. The van der Waals surface area contributed by atoms with Gasteiger partial charge in [0.2, 0.25) is 0 Å². The molecule has 3 nitrogen and oxygen atoms in total. The third-order valence-corrected chi connectivity index (χ3v) is 2.75. The van der Waals surface area contributed by atoms with Gasteiger partial charge >= 0.3 is 0 Å². The van der Waals surface area contributed by atoms with Crippen LogP contribution < -0.4 is 5.73 Å². The van der Waals surface area contributed by atoms with Crippen LogP contribution in [0.5, 0.6) is 0 Å². The van der Waals surface area contributed by atoms with E-state index in [1.54, 1.807) is 6.33 Å². The second-order valence-electron chi connectivity index (χ2n) is 4.30. The first kappa shape index (κ1) is 9.52. The van der Waals surface area contributed by atoms with Crippen LogP contribution in [0.4, 0.5) is 0 Å². The molecule has 0 spiro atoms. The molecule has 0 saturated heterocycles. The Labute approximate surface area is 76.5 Å². The van der Waals surface area contributed by atoms with Crippen LogP contribution in [0.1, 0.15) is 5.69 Å². The number of nitrogens with one attached hydrogen (secondary N) is 1. The number of rotatable bonds is 2. The Hall–Kier alpha value is -0.570. The standard InChI is InChI=1S/C5H13B4N3/c6-4(7,5(8,9)10)3-1-11-2-12-3/h1-2H,6-10H2,(H,11,12). The molecule has 0 atom stereocenters. The smallest absolute Gasteiger partial charge is 0.115 e. The Morgan fingerprint density at radius 3 is 2.25 bits per heavy atom. The topological polar surface area (TPSA) is 54.7 Å². The molecule has 1 aromatic rings. The van der Waals surface area contributed by atoms with Crippen LogP contribution in [0.15, 0.2) is 12.5 Å². The second kappa shape index (κ2) is 2.73. The van der Waals surface area contributed by atoms with Crippen molar-refractivity contribution in [3.05, 3.63) is 18.2 Å². The predicted octanol–water partition coefficient (Wildman–Crippen LogP) is -4.29. The molecule has 1 heterocycles. The van der Waals surface area contributed by atoms with Crippen molar-refractivity contribution in [1.29, 1.82) is 0 Å². The maximum atomic E-state index is 6.05. The van der Waals surface area contributed by atoms with Crippen LogP contribution in [-0.4, -0.2) is 46.7 Å². The molecule has 60 valence electrons. The van der Waals surface area contributed by atoms with Crippen molar-refractivity contribution in [3.63, 3.8) is 0 Å². The molecule has 0 amide bonds. The van der Waals surface area contributed by atoms with Crippen molar-refractivity contribution in [2.24, 2.45) is 5.73 Å². The highest BCUT2D eigenvalue weighted by molar-refractivity contribution is 6.54. The summed E-state index contributed by atoms with van der Waals surface area (Å²) in [6.07, 6.45) is 3.58. The average molecular weight is 158 g/mol. The molecule has 1 rings (SSSR count). The van der Waals surface area contributed by atoms with Crippen LogP contribution in [0.2, 0.25) is 0 Å². The predicted molar refractivity (Wildman–Crippen MR) is 61.4 cm³/mol. The van der Waals surface area contributed by atoms with Crippen molar-refractivity contribution < 1.29 is 0 Å². The van der Waals surface area contributed by atoms with Crippen molar-refractivity contribution in [2.45, 2.75) is 10.6 Å². The molecule has 0 aliphatic heterocycles. The van der Waals surface area contributed by atoms with Gasteiger partial charge in [-0.1, -0.05) is 0 Å². The number of imidazole rings is 1. The molecule has 12 heavy (non-hydrogen) atoms. The lowest BCUT2D eigenvalue weighted by Crippen LogP contribution is -2.60. The van der Waals surface area contributed by atoms with Crippen LogP contribution in [0.3, 0.4) is 0 Å². The lowest BCUT2D eigenvalue weighted by Gasteiger charge is -2.37. The van der Waals surface area contributed by atoms with Crippen LogP contribution >= 0.6 is 0 Å². The van der Waals surface area contributed by atoms with Gasteiger partial charge in [-0.05, 0) is 10.6 Å². The molecule has 0 aliphatic rings. The fourth-order valence-electron chi connectivity index (χ4n) is 0.932. The number of hydrogen-bond donors (Lipinski definition) is 2. The zero-order chi connectivity index (χ0) is 9.41. The summed E-state index contributed by atoms with van der Waals surface area (Å²) in [5.74, 6) is 0. The highest BCUT2D eigenvalue weighted by atomic mass is 14.9. The van der Waals surface area contributed by atoms with Crippen molar-refractivity contribution in [1.82, 2.24) is 9.97 Å². The minimum atomic E-state index is -0.262. The van der Waals surface area contributed by atoms with Gasteiger partial charge < -0.3 is 10.7 Å². The van der Waals surface area contributed by atoms with Crippen molar-refractivity contribution >= 4 is 31.4 Å². The summed E-state index contributed by atoms with van der Waals surface area (Å²) in [4.78, 5) is 7.16. The largest absolute Gasteiger partial charge is 0.351 e. The second-order valence-corrected chi connectivity index (χ2v) is 4.30. The van der Waals surface area contributed by atoms with E-state index in [9.17, 15) is 0 Å². The van der Waals surface area contributed by atoms with E-state index in [0.717, 1.165) is 5.69 Å². The fraction of sp³-hybridized carbons (Fsp3) is 0.400. The van der Waals surface area contributed by atoms with Crippen LogP contribution in [0, 0.1) is 0 Å². The summed E-state index contributed by atoms with van der Waals surface area (Å²) in [5, 5.41) is -0.366. The molecule has 0 radical (unpaired) electrons. The molecular formula is C5H13B4N3. The fourth-order valence-corrected chi connectivity index (χ4v) is 0.932. The highest BCUT2D eigenvalue weighted by Crippen LogP contribution is 2.20. The lowest BCUT2D eigenvalue weighted by atomic mass is 9.33. The molecule has 0 aromatic carbocycles.